The highest BCUT2D eigenvalue weighted by Gasteiger charge is 2.31. The quantitative estimate of drug-likeness (QED) is 0.523. The van der Waals surface area contributed by atoms with Crippen LogP contribution in [0, 0.1) is 0 Å². The van der Waals surface area contributed by atoms with Crippen LogP contribution >= 0.6 is 0 Å². The Kier molecular flexibility index (Phi) is 7.38. The van der Waals surface area contributed by atoms with E-state index in [1.807, 2.05) is 30.3 Å². The van der Waals surface area contributed by atoms with Gasteiger partial charge in [0.05, 0.1) is 6.61 Å². The van der Waals surface area contributed by atoms with Crippen molar-refractivity contribution in [1.29, 1.82) is 0 Å². The summed E-state index contributed by atoms with van der Waals surface area (Å²) >= 11 is 0. The van der Waals surface area contributed by atoms with Crippen LogP contribution < -0.4 is 15.8 Å². The SMILES string of the molecule is CC(C)(C)OC(=O)C(N)c1ccc2c(c1)C(CC(=O)NC(Cc1ccccc1)C(=O)O)CO2. The zero-order valence-electron chi connectivity index (χ0n) is 19.0. The number of carboxylic acids is 1. The van der Waals surface area contributed by atoms with E-state index in [1.54, 1.807) is 39.0 Å². The molecule has 2 aromatic carbocycles. The Labute approximate surface area is 193 Å². The Hall–Kier alpha value is -3.39. The lowest BCUT2D eigenvalue weighted by atomic mass is 9.93. The summed E-state index contributed by atoms with van der Waals surface area (Å²) in [5.41, 5.74) is 7.58. The Morgan fingerprint density at radius 1 is 1.18 bits per heavy atom. The number of rotatable bonds is 8. The van der Waals surface area contributed by atoms with Crippen molar-refractivity contribution >= 4 is 17.8 Å². The van der Waals surface area contributed by atoms with Gasteiger partial charge in [0.1, 0.15) is 23.4 Å². The predicted octanol–water partition coefficient (Wildman–Crippen LogP) is 2.71. The number of aliphatic carboxylic acids is 1. The first-order chi connectivity index (χ1) is 15.5. The van der Waals surface area contributed by atoms with Gasteiger partial charge in [-0.15, -0.1) is 0 Å². The maximum atomic E-state index is 12.7. The van der Waals surface area contributed by atoms with Crippen LogP contribution in [0.2, 0.25) is 0 Å². The van der Waals surface area contributed by atoms with Gasteiger partial charge in [-0.1, -0.05) is 36.4 Å². The molecule has 0 bridgehead atoms. The first-order valence-corrected chi connectivity index (χ1v) is 10.8. The van der Waals surface area contributed by atoms with Crippen LogP contribution in [0.25, 0.3) is 0 Å². The zero-order chi connectivity index (χ0) is 24.2. The molecule has 0 spiro atoms. The van der Waals surface area contributed by atoms with Crippen molar-refractivity contribution < 1.29 is 29.0 Å². The number of nitrogens with two attached hydrogens (primary N) is 1. The highest BCUT2D eigenvalue weighted by atomic mass is 16.6. The number of hydrogen-bond acceptors (Lipinski definition) is 6. The molecular weight excluding hydrogens is 424 g/mol. The molecule has 0 radical (unpaired) electrons. The number of nitrogens with one attached hydrogen (secondary N) is 1. The van der Waals surface area contributed by atoms with E-state index in [0.717, 1.165) is 11.1 Å². The van der Waals surface area contributed by atoms with Gasteiger partial charge in [-0.05, 0) is 44.0 Å². The Morgan fingerprint density at radius 2 is 1.88 bits per heavy atom. The number of amides is 1. The highest BCUT2D eigenvalue weighted by Crippen LogP contribution is 2.37. The van der Waals surface area contributed by atoms with E-state index in [-0.39, 0.29) is 31.3 Å². The molecule has 1 aliphatic heterocycles. The molecule has 8 nitrogen and oxygen atoms in total. The summed E-state index contributed by atoms with van der Waals surface area (Å²) < 4.78 is 11.0. The fourth-order valence-corrected chi connectivity index (χ4v) is 3.69. The number of benzene rings is 2. The summed E-state index contributed by atoms with van der Waals surface area (Å²) in [6.45, 7) is 5.59. The van der Waals surface area contributed by atoms with Gasteiger partial charge in [-0.2, -0.15) is 0 Å². The summed E-state index contributed by atoms with van der Waals surface area (Å²) in [4.78, 5) is 36.7. The summed E-state index contributed by atoms with van der Waals surface area (Å²) in [5.74, 6) is -1.69. The van der Waals surface area contributed by atoms with Crippen LogP contribution in [-0.4, -0.2) is 41.2 Å². The minimum atomic E-state index is -1.10. The van der Waals surface area contributed by atoms with Crippen molar-refractivity contribution in [3.63, 3.8) is 0 Å². The average molecular weight is 455 g/mol. The van der Waals surface area contributed by atoms with Crippen LogP contribution in [0.3, 0.4) is 0 Å². The van der Waals surface area contributed by atoms with Crippen molar-refractivity contribution in [3.8, 4) is 5.75 Å². The van der Waals surface area contributed by atoms with E-state index < -0.39 is 29.6 Å². The Morgan fingerprint density at radius 3 is 2.52 bits per heavy atom. The van der Waals surface area contributed by atoms with E-state index >= 15 is 0 Å². The molecule has 0 aromatic heterocycles. The third-order valence-corrected chi connectivity index (χ3v) is 5.28. The first kappa shape index (κ1) is 24.3. The molecule has 1 amide bonds. The third-order valence-electron chi connectivity index (χ3n) is 5.28. The van der Waals surface area contributed by atoms with Crippen LogP contribution in [-0.2, 0) is 25.5 Å². The summed E-state index contributed by atoms with van der Waals surface area (Å²) in [6, 6.07) is 12.3. The van der Waals surface area contributed by atoms with Gasteiger partial charge in [0.15, 0.2) is 0 Å². The van der Waals surface area contributed by atoms with Crippen LogP contribution in [0.5, 0.6) is 5.75 Å². The molecule has 4 N–H and O–H groups in total. The molecule has 0 saturated carbocycles. The fourth-order valence-electron chi connectivity index (χ4n) is 3.69. The lowest BCUT2D eigenvalue weighted by molar-refractivity contribution is -0.156. The topological polar surface area (TPSA) is 128 Å². The second-order valence-corrected chi connectivity index (χ2v) is 9.17. The molecular formula is C25H30N2O6. The van der Waals surface area contributed by atoms with E-state index in [0.29, 0.717) is 11.3 Å². The van der Waals surface area contributed by atoms with Crippen LogP contribution in [0.15, 0.2) is 48.5 Å². The van der Waals surface area contributed by atoms with Crippen molar-refractivity contribution in [2.24, 2.45) is 5.73 Å². The van der Waals surface area contributed by atoms with Gasteiger partial charge in [0, 0.05) is 24.3 Å². The fraction of sp³-hybridized carbons (Fsp3) is 0.400. The van der Waals surface area contributed by atoms with Gasteiger partial charge < -0.3 is 25.6 Å². The molecule has 0 saturated heterocycles. The first-order valence-electron chi connectivity index (χ1n) is 10.8. The smallest absolute Gasteiger partial charge is 0.328 e. The van der Waals surface area contributed by atoms with E-state index in [1.165, 1.54) is 0 Å². The summed E-state index contributed by atoms with van der Waals surface area (Å²) in [6.07, 6.45) is 0.241. The molecule has 33 heavy (non-hydrogen) atoms. The lowest BCUT2D eigenvalue weighted by Crippen LogP contribution is -2.42. The molecule has 0 aliphatic carbocycles. The average Bonchev–Trinajstić information content (AvgIpc) is 3.14. The molecule has 176 valence electrons. The maximum absolute atomic E-state index is 12.7. The zero-order valence-corrected chi connectivity index (χ0v) is 19.0. The van der Waals surface area contributed by atoms with Gasteiger partial charge in [-0.25, -0.2) is 9.59 Å². The monoisotopic (exact) mass is 454 g/mol. The molecule has 2 aromatic rings. The number of carbonyl (C=O) groups excluding carboxylic acids is 2. The summed E-state index contributed by atoms with van der Waals surface area (Å²) in [5, 5.41) is 12.1. The molecule has 0 fully saturated rings. The minimum absolute atomic E-state index is 0.0523. The van der Waals surface area contributed by atoms with Gasteiger partial charge >= 0.3 is 11.9 Å². The number of hydrogen-bond donors (Lipinski definition) is 3. The number of fused-ring (bicyclic) bond motifs is 1. The number of ether oxygens (including phenoxy) is 2. The number of esters is 1. The summed E-state index contributed by atoms with van der Waals surface area (Å²) in [7, 11) is 0. The van der Waals surface area contributed by atoms with E-state index in [9.17, 15) is 19.5 Å². The third kappa shape index (κ3) is 6.55. The van der Waals surface area contributed by atoms with E-state index in [2.05, 4.69) is 5.32 Å². The molecule has 1 aliphatic rings. The molecule has 3 unspecified atom stereocenters. The number of carboxylic acid groups (broad SMARTS) is 1. The molecule has 8 heteroatoms. The molecule has 3 rings (SSSR count). The lowest BCUT2D eigenvalue weighted by Gasteiger charge is -2.22. The van der Waals surface area contributed by atoms with Crippen LogP contribution in [0.4, 0.5) is 0 Å². The Balaban J connectivity index is 1.67. The second-order valence-electron chi connectivity index (χ2n) is 9.17. The van der Waals surface area contributed by atoms with Crippen molar-refractivity contribution in [2.75, 3.05) is 6.61 Å². The van der Waals surface area contributed by atoms with Crippen molar-refractivity contribution in [2.45, 2.75) is 57.2 Å². The van der Waals surface area contributed by atoms with Gasteiger partial charge in [0.2, 0.25) is 5.91 Å². The van der Waals surface area contributed by atoms with Crippen molar-refractivity contribution in [3.05, 3.63) is 65.2 Å². The Bertz CT molecular complexity index is 1020. The van der Waals surface area contributed by atoms with Crippen molar-refractivity contribution in [1.82, 2.24) is 5.32 Å². The molecule has 1 heterocycles. The predicted molar refractivity (Wildman–Crippen MR) is 122 cm³/mol. The largest absolute Gasteiger partial charge is 0.493 e. The second kappa shape index (κ2) is 10.0. The van der Waals surface area contributed by atoms with Gasteiger partial charge in [0.25, 0.3) is 0 Å². The van der Waals surface area contributed by atoms with E-state index in [4.69, 9.17) is 15.2 Å². The minimum Gasteiger partial charge on any atom is -0.493 e. The highest BCUT2D eigenvalue weighted by molar-refractivity contribution is 5.84. The van der Waals surface area contributed by atoms with Crippen LogP contribution in [0.1, 0.15) is 55.8 Å². The molecule has 3 atom stereocenters. The number of carbonyl (C=O) groups is 3. The van der Waals surface area contributed by atoms with Gasteiger partial charge in [-0.3, -0.25) is 4.79 Å². The standard InChI is InChI=1S/C25H30N2O6/c1-25(2,3)33-24(31)22(26)16-9-10-20-18(12-16)17(14-32-20)13-21(28)27-19(23(29)30)11-15-7-5-4-6-8-15/h4-10,12,17,19,22H,11,13-14,26H2,1-3H3,(H,27,28)(H,29,30). The maximum Gasteiger partial charge on any atom is 0.328 e. The normalized spacial score (nSPS) is 16.8.